The van der Waals surface area contributed by atoms with Crippen LogP contribution >= 0.6 is 23.1 Å². The molecule has 1 heterocycles. The molecule has 0 bridgehead atoms. The van der Waals surface area contributed by atoms with Crippen molar-refractivity contribution in [2.45, 2.75) is 37.1 Å². The summed E-state index contributed by atoms with van der Waals surface area (Å²) in [5, 5.41) is 0.371. The number of carbonyl (C=O) groups excluding carboxylic acids is 1. The molecule has 11 heteroatoms. The molecule has 3 aromatic carbocycles. The fraction of sp³-hybridized carbons (Fsp3) is 0.290. The molecule has 1 atom stereocenters. The van der Waals surface area contributed by atoms with E-state index in [9.17, 15) is 18.0 Å². The molecule has 42 heavy (non-hydrogen) atoms. The van der Waals surface area contributed by atoms with Crippen molar-refractivity contribution in [3.8, 4) is 27.8 Å². The summed E-state index contributed by atoms with van der Waals surface area (Å²) in [5.41, 5.74) is 2.41. The van der Waals surface area contributed by atoms with Gasteiger partial charge in [0, 0.05) is 21.4 Å². The normalized spacial score (nSPS) is 12.1. The molecule has 0 aliphatic rings. The maximum Gasteiger partial charge on any atom is 0.416 e. The van der Waals surface area contributed by atoms with E-state index < -0.39 is 17.7 Å². The van der Waals surface area contributed by atoms with Crippen molar-refractivity contribution in [1.82, 2.24) is 4.98 Å². The maximum absolute atomic E-state index is 13.1. The van der Waals surface area contributed by atoms with Crippen LogP contribution in [-0.4, -0.2) is 38.4 Å². The number of thiazole rings is 1. The number of esters is 1. The average molecular weight is 618 g/mol. The molecule has 1 aromatic heterocycles. The molecule has 0 aliphatic heterocycles. The largest absolute Gasteiger partial charge is 0.497 e. The second-order valence-corrected chi connectivity index (χ2v) is 11.4. The van der Waals surface area contributed by atoms with Gasteiger partial charge in [-0.2, -0.15) is 13.2 Å². The van der Waals surface area contributed by atoms with Gasteiger partial charge in [0.2, 0.25) is 0 Å². The van der Waals surface area contributed by atoms with Crippen molar-refractivity contribution in [2.75, 3.05) is 27.4 Å². The first-order chi connectivity index (χ1) is 20.0. The number of thioether (sulfide) groups is 1. The van der Waals surface area contributed by atoms with Crippen molar-refractivity contribution in [2.24, 2.45) is 0 Å². The molecule has 4 aromatic rings. The summed E-state index contributed by atoms with van der Waals surface area (Å²) in [6, 6.07) is 16.4. The molecule has 6 nitrogen and oxygen atoms in total. The monoisotopic (exact) mass is 617 g/mol. The van der Waals surface area contributed by atoms with Gasteiger partial charge in [0.15, 0.2) is 6.61 Å². The molecule has 0 spiro atoms. The third kappa shape index (κ3) is 7.57. The molecule has 0 radical (unpaired) electrons. The molecule has 1 unspecified atom stereocenters. The molecule has 0 N–H and O–H groups in total. The van der Waals surface area contributed by atoms with E-state index in [1.165, 1.54) is 23.5 Å². The van der Waals surface area contributed by atoms with E-state index in [0.717, 1.165) is 38.7 Å². The summed E-state index contributed by atoms with van der Waals surface area (Å²) in [4.78, 5) is 18.3. The summed E-state index contributed by atoms with van der Waals surface area (Å²) < 4.78 is 61.0. The second kappa shape index (κ2) is 13.5. The van der Waals surface area contributed by atoms with Gasteiger partial charge in [0.25, 0.3) is 0 Å². The third-order valence-electron chi connectivity index (χ3n) is 6.26. The van der Waals surface area contributed by atoms with Crippen LogP contribution in [-0.2, 0) is 15.7 Å². The van der Waals surface area contributed by atoms with Crippen LogP contribution in [0.5, 0.6) is 17.2 Å². The lowest BCUT2D eigenvalue weighted by Crippen LogP contribution is -2.14. The van der Waals surface area contributed by atoms with Gasteiger partial charge < -0.3 is 18.9 Å². The van der Waals surface area contributed by atoms with E-state index in [-0.39, 0.29) is 18.5 Å². The summed E-state index contributed by atoms with van der Waals surface area (Å²) in [5.74, 6) is 1.38. The summed E-state index contributed by atoms with van der Waals surface area (Å²) in [6.07, 6.45) is -4.41. The highest BCUT2D eigenvalue weighted by Crippen LogP contribution is 2.47. The van der Waals surface area contributed by atoms with Crippen LogP contribution < -0.4 is 14.2 Å². The number of hydrogen-bond acceptors (Lipinski definition) is 8. The predicted molar refractivity (Wildman–Crippen MR) is 158 cm³/mol. The van der Waals surface area contributed by atoms with Crippen LogP contribution in [0.15, 0.2) is 65.6 Å². The van der Waals surface area contributed by atoms with E-state index in [4.69, 9.17) is 23.9 Å². The summed E-state index contributed by atoms with van der Waals surface area (Å²) in [6.45, 7) is 5.63. The molecule has 0 amide bonds. The van der Waals surface area contributed by atoms with Gasteiger partial charge in [-0.15, -0.1) is 23.1 Å². The van der Waals surface area contributed by atoms with Crippen LogP contribution in [0, 0.1) is 13.8 Å². The molecular weight excluding hydrogens is 587 g/mol. The van der Waals surface area contributed by atoms with Gasteiger partial charge in [0.1, 0.15) is 22.3 Å². The number of aromatic nitrogens is 1. The first kappa shape index (κ1) is 31.2. The van der Waals surface area contributed by atoms with Crippen molar-refractivity contribution in [3.63, 3.8) is 0 Å². The van der Waals surface area contributed by atoms with Gasteiger partial charge in [-0.25, -0.2) is 9.78 Å². The molecule has 0 saturated carbocycles. The number of benzene rings is 3. The lowest BCUT2D eigenvalue weighted by Gasteiger charge is -2.19. The zero-order valence-electron chi connectivity index (χ0n) is 23.7. The lowest BCUT2D eigenvalue weighted by molar-refractivity contribution is -0.145. The Morgan fingerprint density at radius 1 is 0.976 bits per heavy atom. The smallest absolute Gasteiger partial charge is 0.416 e. The van der Waals surface area contributed by atoms with Crippen molar-refractivity contribution < 1.29 is 36.9 Å². The highest BCUT2D eigenvalue weighted by Gasteiger charge is 2.30. The Balaban J connectivity index is 1.71. The molecular formula is C31H30F3NO5S2. The van der Waals surface area contributed by atoms with Gasteiger partial charge >= 0.3 is 12.1 Å². The molecule has 222 valence electrons. The van der Waals surface area contributed by atoms with E-state index in [1.54, 1.807) is 39.0 Å². The molecule has 0 aliphatic carbocycles. The summed E-state index contributed by atoms with van der Waals surface area (Å²) in [7, 11) is 3.17. The number of aryl methyl sites for hydroxylation is 2. The Hall–Kier alpha value is -3.70. The van der Waals surface area contributed by atoms with Gasteiger partial charge in [-0.3, -0.25) is 0 Å². The van der Waals surface area contributed by atoms with Gasteiger partial charge in [0.05, 0.1) is 37.3 Å². The highest BCUT2D eigenvalue weighted by atomic mass is 32.2. The Labute approximate surface area is 250 Å². The summed E-state index contributed by atoms with van der Waals surface area (Å²) >= 11 is 3.01. The van der Waals surface area contributed by atoms with Crippen LogP contribution in [0.4, 0.5) is 13.2 Å². The minimum Gasteiger partial charge on any atom is -0.497 e. The Bertz CT molecular complexity index is 1510. The average Bonchev–Trinajstić information content (AvgIpc) is 3.35. The predicted octanol–water partition coefficient (Wildman–Crippen LogP) is 8.29. The number of ether oxygens (including phenoxy) is 4. The van der Waals surface area contributed by atoms with Gasteiger partial charge in [-0.1, -0.05) is 12.1 Å². The number of nitrogens with zero attached hydrogens (tertiary/aromatic N) is 1. The number of alkyl halides is 3. The van der Waals surface area contributed by atoms with Crippen LogP contribution in [0.2, 0.25) is 0 Å². The quantitative estimate of drug-likeness (QED) is 0.124. The fourth-order valence-corrected chi connectivity index (χ4v) is 6.75. The minimum absolute atomic E-state index is 0.180. The molecule has 0 saturated heterocycles. The van der Waals surface area contributed by atoms with E-state index in [2.05, 4.69) is 0 Å². The third-order valence-corrected chi connectivity index (χ3v) is 8.95. The Morgan fingerprint density at radius 2 is 1.64 bits per heavy atom. The zero-order valence-corrected chi connectivity index (χ0v) is 25.3. The highest BCUT2D eigenvalue weighted by molar-refractivity contribution is 7.99. The van der Waals surface area contributed by atoms with E-state index >= 15 is 0 Å². The first-order valence-corrected chi connectivity index (χ1v) is 14.7. The number of hydrogen-bond donors (Lipinski definition) is 0. The number of methoxy groups -OCH3 is 2. The van der Waals surface area contributed by atoms with E-state index in [0.29, 0.717) is 27.8 Å². The number of carbonyl (C=O) groups is 1. The fourth-order valence-electron chi connectivity index (χ4n) is 4.16. The number of halogens is 3. The Morgan fingerprint density at radius 3 is 2.21 bits per heavy atom. The van der Waals surface area contributed by atoms with Crippen LogP contribution in [0.25, 0.3) is 10.6 Å². The van der Waals surface area contributed by atoms with Gasteiger partial charge in [-0.05, 0) is 74.4 Å². The second-order valence-electron chi connectivity index (χ2n) is 9.21. The SMILES string of the molecule is CCOC(=O)COc1ccc(SC(c2cc(OC)cc(OC)c2)c2sc(-c3ccc(C(F)(F)F)cc3)nc2C)cc1C. The molecule has 4 rings (SSSR count). The van der Waals surface area contributed by atoms with Crippen molar-refractivity contribution >= 4 is 29.1 Å². The van der Waals surface area contributed by atoms with Crippen molar-refractivity contribution in [3.05, 3.63) is 87.9 Å². The van der Waals surface area contributed by atoms with Crippen LogP contribution in [0.3, 0.4) is 0 Å². The Kier molecular flexibility index (Phi) is 10.1. The van der Waals surface area contributed by atoms with E-state index in [1.807, 2.05) is 44.2 Å². The topological polar surface area (TPSA) is 66.9 Å². The standard InChI is InChI=1S/C31H30F3NO5S2/c1-6-39-27(36)17-40-26-12-11-25(13-18(26)2)41-29(21-14-23(37-4)16-24(15-21)38-5)28-19(3)35-30(42-28)20-7-9-22(10-8-20)31(32,33)34/h7-16,29H,6,17H2,1-5H3. The maximum atomic E-state index is 13.1. The van der Waals surface area contributed by atoms with Crippen LogP contribution in [0.1, 0.15) is 39.4 Å². The minimum atomic E-state index is -4.41. The first-order valence-electron chi connectivity index (χ1n) is 13.0. The molecule has 0 fully saturated rings. The lowest BCUT2D eigenvalue weighted by atomic mass is 10.1. The zero-order chi connectivity index (χ0) is 30.4. The van der Waals surface area contributed by atoms with Crippen molar-refractivity contribution in [1.29, 1.82) is 0 Å². The number of rotatable bonds is 11.